The molecule has 0 amide bonds. The smallest absolute Gasteiger partial charge is 0.143 e. The van der Waals surface area contributed by atoms with Gasteiger partial charge in [-0.1, -0.05) is 30.3 Å². The fourth-order valence-corrected chi connectivity index (χ4v) is 3.89. The molecule has 0 atom stereocenters. The van der Waals surface area contributed by atoms with Gasteiger partial charge in [-0.2, -0.15) is 5.26 Å². The van der Waals surface area contributed by atoms with Gasteiger partial charge in [0.1, 0.15) is 22.4 Å². The van der Waals surface area contributed by atoms with Crippen LogP contribution in [0.25, 0.3) is 21.3 Å². The van der Waals surface area contributed by atoms with Gasteiger partial charge in [0, 0.05) is 21.5 Å². The Bertz CT molecular complexity index is 1050. The monoisotopic (exact) mass is 360 g/mol. The molecule has 2 aromatic heterocycles. The maximum absolute atomic E-state index is 8.74. The van der Waals surface area contributed by atoms with Crippen LogP contribution in [0.3, 0.4) is 0 Å². The van der Waals surface area contributed by atoms with Crippen molar-refractivity contribution in [2.24, 2.45) is 0 Å². The highest BCUT2D eigenvalue weighted by Gasteiger charge is 2.13. The van der Waals surface area contributed by atoms with Gasteiger partial charge in [0.05, 0.1) is 5.39 Å². The van der Waals surface area contributed by atoms with E-state index in [0.29, 0.717) is 0 Å². The minimum atomic E-state index is 0.783. The van der Waals surface area contributed by atoms with E-state index in [-0.39, 0.29) is 0 Å². The normalized spacial score (nSPS) is 10.5. The maximum Gasteiger partial charge on any atom is 0.143 e. The summed E-state index contributed by atoms with van der Waals surface area (Å²) < 4.78 is 0. The van der Waals surface area contributed by atoms with Crippen LogP contribution in [0.1, 0.15) is 0 Å². The van der Waals surface area contributed by atoms with E-state index in [4.69, 9.17) is 5.26 Å². The third-order valence-electron chi connectivity index (χ3n) is 3.74. The van der Waals surface area contributed by atoms with E-state index >= 15 is 0 Å². The van der Waals surface area contributed by atoms with E-state index in [1.165, 1.54) is 0 Å². The van der Waals surface area contributed by atoms with E-state index in [9.17, 15) is 0 Å². The molecule has 0 aliphatic carbocycles. The van der Waals surface area contributed by atoms with E-state index in [0.717, 1.165) is 49.5 Å². The van der Waals surface area contributed by atoms with Crippen molar-refractivity contribution in [3.05, 3.63) is 66.3 Å². The lowest BCUT2D eigenvalue weighted by Crippen LogP contribution is -1.95. The van der Waals surface area contributed by atoms with Crippen LogP contribution in [-0.4, -0.2) is 9.97 Å². The molecule has 1 N–H and O–H groups in total. The molecular formula is C19H12N4S2. The topological polar surface area (TPSA) is 61.6 Å². The van der Waals surface area contributed by atoms with E-state index < -0.39 is 0 Å². The average Bonchev–Trinajstić information content (AvgIpc) is 3.10. The third-order valence-corrected chi connectivity index (χ3v) is 5.22. The summed E-state index contributed by atoms with van der Waals surface area (Å²) in [6.07, 6.45) is 1.58. The van der Waals surface area contributed by atoms with Crippen LogP contribution >= 0.6 is 23.1 Å². The molecule has 0 aliphatic heterocycles. The maximum atomic E-state index is 8.74. The fraction of sp³-hybridized carbons (Fsp3) is 0. The zero-order chi connectivity index (χ0) is 17.1. The molecule has 4 rings (SSSR count). The summed E-state index contributed by atoms with van der Waals surface area (Å²) in [7, 11) is 0. The van der Waals surface area contributed by atoms with Crippen LogP contribution in [0.2, 0.25) is 0 Å². The highest BCUT2D eigenvalue weighted by Crippen LogP contribution is 2.37. The van der Waals surface area contributed by atoms with Gasteiger partial charge >= 0.3 is 0 Å². The van der Waals surface area contributed by atoms with Crippen LogP contribution in [0.5, 0.6) is 0 Å². The molecular weight excluding hydrogens is 348 g/mol. The number of fused-ring (bicyclic) bond motifs is 1. The number of thiophene rings is 1. The Morgan fingerprint density at radius 2 is 1.80 bits per heavy atom. The molecule has 0 aliphatic rings. The zero-order valence-electron chi connectivity index (χ0n) is 13.0. The molecule has 120 valence electrons. The minimum absolute atomic E-state index is 0.783. The SMILES string of the molecule is N#CSc1ccc(Nc2ncnc3scc(-c4ccccc4)c23)cc1. The van der Waals surface area contributed by atoms with Crippen LogP contribution in [-0.2, 0) is 0 Å². The summed E-state index contributed by atoms with van der Waals surface area (Å²) in [5, 5.41) is 17.3. The van der Waals surface area contributed by atoms with Gasteiger partial charge in [0.2, 0.25) is 0 Å². The summed E-state index contributed by atoms with van der Waals surface area (Å²) in [5.74, 6) is 0.783. The van der Waals surface area contributed by atoms with Crippen molar-refractivity contribution in [3.8, 4) is 16.5 Å². The second-order valence-electron chi connectivity index (χ2n) is 5.26. The Labute approximate surface area is 153 Å². The number of benzene rings is 2. The number of nitrogens with one attached hydrogen (secondary N) is 1. The first-order chi connectivity index (χ1) is 12.3. The second kappa shape index (κ2) is 6.93. The van der Waals surface area contributed by atoms with Crippen molar-refractivity contribution >= 4 is 44.8 Å². The summed E-state index contributed by atoms with van der Waals surface area (Å²) in [5.41, 5.74) is 3.19. The number of hydrogen-bond donors (Lipinski definition) is 1. The number of aromatic nitrogens is 2. The number of nitrogens with zero attached hydrogens (tertiary/aromatic N) is 3. The van der Waals surface area contributed by atoms with E-state index in [1.54, 1.807) is 17.7 Å². The average molecular weight is 360 g/mol. The van der Waals surface area contributed by atoms with E-state index in [1.807, 2.05) is 42.5 Å². The molecule has 0 radical (unpaired) electrons. The first kappa shape index (κ1) is 15.6. The predicted octanol–water partition coefficient (Wildman–Crippen LogP) is 5.68. The Hall–Kier alpha value is -2.88. The molecule has 4 nitrogen and oxygen atoms in total. The van der Waals surface area contributed by atoms with Gasteiger partial charge in [0.25, 0.3) is 0 Å². The van der Waals surface area contributed by atoms with Crippen molar-refractivity contribution in [2.45, 2.75) is 4.90 Å². The molecule has 2 heterocycles. The lowest BCUT2D eigenvalue weighted by atomic mass is 10.1. The van der Waals surface area contributed by atoms with Crippen molar-refractivity contribution in [2.75, 3.05) is 5.32 Å². The molecule has 0 unspecified atom stereocenters. The lowest BCUT2D eigenvalue weighted by molar-refractivity contribution is 1.23. The summed E-state index contributed by atoms with van der Waals surface area (Å²) in [4.78, 5) is 10.7. The number of anilines is 2. The molecule has 25 heavy (non-hydrogen) atoms. The van der Waals surface area contributed by atoms with Gasteiger partial charge < -0.3 is 5.32 Å². The molecule has 0 saturated heterocycles. The summed E-state index contributed by atoms with van der Waals surface area (Å²) in [6, 6.07) is 18.0. The summed E-state index contributed by atoms with van der Waals surface area (Å²) >= 11 is 2.76. The Morgan fingerprint density at radius 3 is 2.56 bits per heavy atom. The molecule has 2 aromatic carbocycles. The van der Waals surface area contributed by atoms with Gasteiger partial charge in [-0.25, -0.2) is 9.97 Å². The first-order valence-electron chi connectivity index (χ1n) is 7.56. The molecule has 0 saturated carbocycles. The largest absolute Gasteiger partial charge is 0.340 e. The van der Waals surface area contributed by atoms with E-state index in [2.05, 4.69) is 38.2 Å². The van der Waals surface area contributed by atoms with Gasteiger partial charge in [0.15, 0.2) is 0 Å². The van der Waals surface area contributed by atoms with Crippen molar-refractivity contribution < 1.29 is 0 Å². The fourth-order valence-electron chi connectivity index (χ4n) is 2.60. The number of hydrogen-bond acceptors (Lipinski definition) is 6. The Balaban J connectivity index is 1.75. The molecule has 0 bridgehead atoms. The highest BCUT2D eigenvalue weighted by atomic mass is 32.2. The van der Waals surface area contributed by atoms with Crippen LogP contribution in [0, 0.1) is 10.7 Å². The first-order valence-corrected chi connectivity index (χ1v) is 9.25. The molecule has 4 aromatic rings. The second-order valence-corrected chi connectivity index (χ2v) is 6.98. The van der Waals surface area contributed by atoms with Crippen molar-refractivity contribution in [1.29, 1.82) is 5.26 Å². The third kappa shape index (κ3) is 3.20. The number of thioether (sulfide) groups is 1. The zero-order valence-corrected chi connectivity index (χ0v) is 14.6. The van der Waals surface area contributed by atoms with Crippen LogP contribution in [0.15, 0.2) is 71.2 Å². The number of nitriles is 1. The Kier molecular flexibility index (Phi) is 4.34. The predicted molar refractivity (Wildman–Crippen MR) is 104 cm³/mol. The quantitative estimate of drug-likeness (QED) is 0.375. The van der Waals surface area contributed by atoms with Crippen molar-refractivity contribution in [1.82, 2.24) is 9.97 Å². The van der Waals surface area contributed by atoms with Crippen LogP contribution in [0.4, 0.5) is 11.5 Å². The van der Waals surface area contributed by atoms with Gasteiger partial charge in [-0.05, 0) is 41.6 Å². The lowest BCUT2D eigenvalue weighted by Gasteiger charge is -2.09. The molecule has 6 heteroatoms. The molecule has 0 spiro atoms. The number of thiocyanates is 1. The van der Waals surface area contributed by atoms with Crippen LogP contribution < -0.4 is 5.32 Å². The van der Waals surface area contributed by atoms with Crippen molar-refractivity contribution in [3.63, 3.8) is 0 Å². The minimum Gasteiger partial charge on any atom is -0.340 e. The van der Waals surface area contributed by atoms with Gasteiger partial charge in [-0.3, -0.25) is 0 Å². The Morgan fingerprint density at radius 1 is 1.00 bits per heavy atom. The molecule has 0 fully saturated rings. The number of rotatable bonds is 4. The standard InChI is InChI=1S/C19H12N4S2/c20-11-25-15-8-6-14(7-9-15)23-18-17-16(13-4-2-1-3-5-13)10-24-19(17)22-12-21-18/h1-10,12H,(H,21,22,23). The summed E-state index contributed by atoms with van der Waals surface area (Å²) in [6.45, 7) is 0. The van der Waals surface area contributed by atoms with Gasteiger partial charge in [-0.15, -0.1) is 11.3 Å². The highest BCUT2D eigenvalue weighted by molar-refractivity contribution is 8.03.